The minimum atomic E-state index is -3.44. The lowest BCUT2D eigenvalue weighted by molar-refractivity contribution is 0.441. The van der Waals surface area contributed by atoms with Crippen molar-refractivity contribution < 1.29 is 8.42 Å². The smallest absolute Gasteiger partial charge is 0.304 e. The molecule has 0 aromatic heterocycles. The summed E-state index contributed by atoms with van der Waals surface area (Å²) in [4.78, 5) is 0. The largest absolute Gasteiger partial charge is 0.330 e. The van der Waals surface area contributed by atoms with Gasteiger partial charge < -0.3 is 5.73 Å². The van der Waals surface area contributed by atoms with Gasteiger partial charge in [-0.15, -0.1) is 0 Å². The van der Waals surface area contributed by atoms with Gasteiger partial charge in [-0.1, -0.05) is 32.0 Å². The lowest BCUT2D eigenvalue weighted by Crippen LogP contribution is -2.43. The van der Waals surface area contributed by atoms with E-state index in [2.05, 4.69) is 0 Å². The molecule has 0 bridgehead atoms. The average molecular weight is 297 g/mol. The molecule has 0 saturated heterocycles. The van der Waals surface area contributed by atoms with Crippen molar-refractivity contribution in [2.24, 2.45) is 5.73 Å². The first-order valence-corrected chi connectivity index (χ1v) is 8.52. The van der Waals surface area contributed by atoms with Gasteiger partial charge in [0.1, 0.15) is 0 Å². The molecule has 6 heteroatoms. The molecule has 1 aromatic rings. The second kappa shape index (κ2) is 6.11. The highest BCUT2D eigenvalue weighted by Crippen LogP contribution is 2.39. The molecule has 20 heavy (non-hydrogen) atoms. The molecule has 0 spiro atoms. The topological polar surface area (TPSA) is 66.6 Å². The van der Waals surface area contributed by atoms with Crippen molar-refractivity contribution in [3.8, 4) is 0 Å². The van der Waals surface area contributed by atoms with E-state index in [0.29, 0.717) is 26.2 Å². The summed E-state index contributed by atoms with van der Waals surface area (Å²) in [5.41, 5.74) is 7.55. The van der Waals surface area contributed by atoms with Gasteiger partial charge in [0.25, 0.3) is 0 Å². The first-order chi connectivity index (χ1) is 9.56. The number of fused-ring (bicyclic) bond motifs is 1. The van der Waals surface area contributed by atoms with Gasteiger partial charge in [-0.2, -0.15) is 12.7 Å². The van der Waals surface area contributed by atoms with E-state index < -0.39 is 10.2 Å². The molecule has 2 rings (SSSR count). The van der Waals surface area contributed by atoms with Gasteiger partial charge in [0.05, 0.1) is 5.69 Å². The minimum Gasteiger partial charge on any atom is -0.330 e. The second-order valence-electron chi connectivity index (χ2n) is 4.96. The van der Waals surface area contributed by atoms with E-state index in [1.165, 1.54) is 8.61 Å². The third kappa shape index (κ3) is 2.55. The Hall–Kier alpha value is -1.11. The standard InChI is InChI=1S/C14H23N3O2S/c1-3-16(4-2)20(18,19)17-11-12(9-10-15)13-7-5-6-8-14(13)17/h5-8,12H,3-4,9-11,15H2,1-2H3. The van der Waals surface area contributed by atoms with Crippen LogP contribution in [0.5, 0.6) is 0 Å². The van der Waals surface area contributed by atoms with Crippen molar-refractivity contribution in [3.05, 3.63) is 29.8 Å². The Kier molecular flexibility index (Phi) is 4.67. The molecule has 1 unspecified atom stereocenters. The predicted octanol–water partition coefficient (Wildman–Crippen LogP) is 1.53. The second-order valence-corrected chi connectivity index (χ2v) is 6.81. The van der Waals surface area contributed by atoms with E-state index in [9.17, 15) is 8.42 Å². The number of rotatable bonds is 6. The zero-order valence-corrected chi connectivity index (χ0v) is 12.9. The highest BCUT2D eigenvalue weighted by molar-refractivity contribution is 7.90. The van der Waals surface area contributed by atoms with Crippen molar-refractivity contribution >= 4 is 15.9 Å². The Morgan fingerprint density at radius 3 is 2.55 bits per heavy atom. The third-order valence-corrected chi connectivity index (χ3v) is 5.93. The number of hydrogen-bond donors (Lipinski definition) is 1. The van der Waals surface area contributed by atoms with E-state index in [4.69, 9.17) is 5.73 Å². The molecule has 0 aliphatic carbocycles. The van der Waals surface area contributed by atoms with Crippen molar-refractivity contribution in [1.82, 2.24) is 4.31 Å². The average Bonchev–Trinajstić information content (AvgIpc) is 2.80. The van der Waals surface area contributed by atoms with E-state index in [0.717, 1.165) is 17.7 Å². The van der Waals surface area contributed by atoms with Crippen molar-refractivity contribution in [3.63, 3.8) is 0 Å². The number of benzene rings is 1. The van der Waals surface area contributed by atoms with Crippen LogP contribution in [0.2, 0.25) is 0 Å². The van der Waals surface area contributed by atoms with Crippen LogP contribution in [-0.2, 0) is 10.2 Å². The highest BCUT2D eigenvalue weighted by atomic mass is 32.2. The van der Waals surface area contributed by atoms with Gasteiger partial charge in [-0.05, 0) is 24.6 Å². The van der Waals surface area contributed by atoms with Crippen LogP contribution in [0.25, 0.3) is 0 Å². The van der Waals surface area contributed by atoms with Gasteiger partial charge in [-0.25, -0.2) is 0 Å². The van der Waals surface area contributed by atoms with E-state index >= 15 is 0 Å². The molecule has 112 valence electrons. The molecule has 1 aliphatic heterocycles. The molecule has 0 saturated carbocycles. The fourth-order valence-corrected chi connectivity index (χ4v) is 4.53. The van der Waals surface area contributed by atoms with Crippen LogP contribution < -0.4 is 10.0 Å². The highest BCUT2D eigenvalue weighted by Gasteiger charge is 2.37. The third-order valence-electron chi connectivity index (χ3n) is 3.86. The molecule has 2 N–H and O–H groups in total. The van der Waals surface area contributed by atoms with Crippen LogP contribution in [0, 0.1) is 0 Å². The molecule has 5 nitrogen and oxygen atoms in total. The number of hydrogen-bond acceptors (Lipinski definition) is 3. The molecule has 1 atom stereocenters. The van der Waals surface area contributed by atoms with Crippen LogP contribution in [0.15, 0.2) is 24.3 Å². The summed E-state index contributed by atoms with van der Waals surface area (Å²) in [7, 11) is -3.44. The maximum atomic E-state index is 12.7. The van der Waals surface area contributed by atoms with E-state index in [1.807, 2.05) is 38.1 Å². The van der Waals surface area contributed by atoms with Crippen LogP contribution in [0.1, 0.15) is 31.7 Å². The molecule has 0 fully saturated rings. The molecule has 1 aromatic carbocycles. The summed E-state index contributed by atoms with van der Waals surface area (Å²) in [6, 6.07) is 7.73. The van der Waals surface area contributed by atoms with Gasteiger partial charge in [0, 0.05) is 25.6 Å². The number of nitrogens with two attached hydrogens (primary N) is 1. The summed E-state index contributed by atoms with van der Waals surface area (Å²) in [5.74, 6) is 0.196. The van der Waals surface area contributed by atoms with Crippen molar-refractivity contribution in [2.75, 3.05) is 30.5 Å². The molecule has 1 aliphatic rings. The monoisotopic (exact) mass is 297 g/mol. The summed E-state index contributed by atoms with van der Waals surface area (Å²) in [6.07, 6.45) is 0.807. The minimum absolute atomic E-state index is 0.196. The van der Waals surface area contributed by atoms with Gasteiger partial charge >= 0.3 is 10.2 Å². The lowest BCUT2D eigenvalue weighted by atomic mass is 9.98. The molecule has 0 amide bonds. The summed E-state index contributed by atoms with van der Waals surface area (Å²) >= 11 is 0. The molecule has 0 radical (unpaired) electrons. The fourth-order valence-electron chi connectivity index (χ4n) is 2.81. The molecular formula is C14H23N3O2S. The zero-order valence-electron chi connectivity index (χ0n) is 12.1. The quantitative estimate of drug-likeness (QED) is 0.866. The van der Waals surface area contributed by atoms with Crippen LogP contribution >= 0.6 is 0 Å². The Morgan fingerprint density at radius 1 is 1.30 bits per heavy atom. The Labute approximate surface area is 121 Å². The number of anilines is 1. The zero-order chi connectivity index (χ0) is 14.8. The predicted molar refractivity (Wildman–Crippen MR) is 82.0 cm³/mol. The molecule has 1 heterocycles. The summed E-state index contributed by atoms with van der Waals surface area (Å²) in [6.45, 7) is 5.76. The maximum Gasteiger partial charge on any atom is 0.304 e. The van der Waals surface area contributed by atoms with E-state index in [1.54, 1.807) is 0 Å². The number of para-hydroxylation sites is 1. The van der Waals surface area contributed by atoms with Crippen LogP contribution in [0.3, 0.4) is 0 Å². The summed E-state index contributed by atoms with van der Waals surface area (Å²) in [5, 5.41) is 0. The summed E-state index contributed by atoms with van der Waals surface area (Å²) < 4.78 is 28.5. The molecular weight excluding hydrogens is 274 g/mol. The van der Waals surface area contributed by atoms with Crippen molar-refractivity contribution in [1.29, 1.82) is 0 Å². The van der Waals surface area contributed by atoms with Gasteiger partial charge in [-0.3, -0.25) is 4.31 Å². The van der Waals surface area contributed by atoms with Crippen molar-refractivity contribution in [2.45, 2.75) is 26.2 Å². The van der Waals surface area contributed by atoms with Crippen LogP contribution in [0.4, 0.5) is 5.69 Å². The SMILES string of the molecule is CCN(CC)S(=O)(=O)N1CC(CCN)c2ccccc21. The van der Waals surface area contributed by atoms with Gasteiger partial charge in [0.2, 0.25) is 0 Å². The Bertz CT molecular complexity index is 555. The normalized spacial score (nSPS) is 18.6. The first kappa shape index (κ1) is 15.3. The maximum absolute atomic E-state index is 12.7. The van der Waals surface area contributed by atoms with Crippen LogP contribution in [-0.4, -0.2) is 38.9 Å². The Morgan fingerprint density at radius 2 is 1.95 bits per heavy atom. The first-order valence-electron chi connectivity index (χ1n) is 7.13. The fraction of sp³-hybridized carbons (Fsp3) is 0.571. The van der Waals surface area contributed by atoms with Gasteiger partial charge in [0.15, 0.2) is 0 Å². The number of nitrogens with zero attached hydrogens (tertiary/aromatic N) is 2. The Balaban J connectivity index is 2.40. The van der Waals surface area contributed by atoms with E-state index in [-0.39, 0.29) is 5.92 Å². The lowest BCUT2D eigenvalue weighted by Gasteiger charge is -2.27.